The SMILES string of the molecule is Cc1nnc(N(C)CC2CCC2)c(CN)c1C. The van der Waals surface area contributed by atoms with Crippen LogP contribution in [-0.4, -0.2) is 23.8 Å². The Morgan fingerprint density at radius 1 is 1.29 bits per heavy atom. The van der Waals surface area contributed by atoms with E-state index in [0.717, 1.165) is 29.5 Å². The Morgan fingerprint density at radius 2 is 2.00 bits per heavy atom. The number of aryl methyl sites for hydroxylation is 1. The molecule has 0 atom stereocenters. The number of hydrogen-bond acceptors (Lipinski definition) is 4. The van der Waals surface area contributed by atoms with Gasteiger partial charge in [-0.25, -0.2) is 0 Å². The third-order valence-electron chi connectivity index (χ3n) is 3.88. The Balaban J connectivity index is 2.21. The molecule has 2 N–H and O–H groups in total. The van der Waals surface area contributed by atoms with Gasteiger partial charge in [-0.1, -0.05) is 6.42 Å². The summed E-state index contributed by atoms with van der Waals surface area (Å²) in [5.74, 6) is 1.79. The highest BCUT2D eigenvalue weighted by Gasteiger charge is 2.21. The van der Waals surface area contributed by atoms with E-state index in [2.05, 4.69) is 29.1 Å². The van der Waals surface area contributed by atoms with Crippen LogP contribution in [0.5, 0.6) is 0 Å². The molecule has 0 bridgehead atoms. The smallest absolute Gasteiger partial charge is 0.155 e. The molecular formula is C13H22N4. The van der Waals surface area contributed by atoms with Gasteiger partial charge in [-0.2, -0.15) is 5.10 Å². The Bertz CT molecular complexity index is 399. The molecule has 0 spiro atoms. The molecule has 0 aliphatic heterocycles. The molecule has 1 aliphatic carbocycles. The van der Waals surface area contributed by atoms with Crippen LogP contribution in [0.3, 0.4) is 0 Å². The minimum atomic E-state index is 0.534. The summed E-state index contributed by atoms with van der Waals surface area (Å²) in [6.45, 7) is 5.67. The molecule has 94 valence electrons. The zero-order chi connectivity index (χ0) is 12.4. The molecule has 1 aliphatic rings. The van der Waals surface area contributed by atoms with Crippen molar-refractivity contribution < 1.29 is 0 Å². The maximum atomic E-state index is 5.84. The van der Waals surface area contributed by atoms with Gasteiger partial charge in [-0.05, 0) is 38.2 Å². The Hall–Kier alpha value is -1.16. The van der Waals surface area contributed by atoms with Crippen LogP contribution >= 0.6 is 0 Å². The molecule has 1 fully saturated rings. The summed E-state index contributed by atoms with van der Waals surface area (Å²) in [6, 6.07) is 0. The Labute approximate surface area is 103 Å². The predicted octanol–water partition coefficient (Wildman–Crippen LogP) is 1.79. The Morgan fingerprint density at radius 3 is 2.53 bits per heavy atom. The normalized spacial score (nSPS) is 15.8. The van der Waals surface area contributed by atoms with Gasteiger partial charge in [0.2, 0.25) is 0 Å². The zero-order valence-corrected chi connectivity index (χ0v) is 11.0. The van der Waals surface area contributed by atoms with Gasteiger partial charge in [0.1, 0.15) is 0 Å². The Kier molecular flexibility index (Phi) is 3.62. The van der Waals surface area contributed by atoms with Crippen molar-refractivity contribution in [2.24, 2.45) is 11.7 Å². The van der Waals surface area contributed by atoms with Crippen LogP contribution < -0.4 is 10.6 Å². The van der Waals surface area contributed by atoms with Crippen molar-refractivity contribution >= 4 is 5.82 Å². The molecule has 0 amide bonds. The predicted molar refractivity (Wildman–Crippen MR) is 70.0 cm³/mol. The maximum absolute atomic E-state index is 5.84. The summed E-state index contributed by atoms with van der Waals surface area (Å²) in [5, 5.41) is 8.53. The van der Waals surface area contributed by atoms with Gasteiger partial charge in [0.15, 0.2) is 5.82 Å². The summed E-state index contributed by atoms with van der Waals surface area (Å²) >= 11 is 0. The molecule has 1 heterocycles. The van der Waals surface area contributed by atoms with E-state index in [1.165, 1.54) is 24.8 Å². The molecule has 0 radical (unpaired) electrons. The summed E-state index contributed by atoms with van der Waals surface area (Å²) in [4.78, 5) is 2.21. The average Bonchev–Trinajstić information content (AvgIpc) is 2.26. The number of aromatic nitrogens is 2. The number of anilines is 1. The van der Waals surface area contributed by atoms with Crippen LogP contribution in [0.4, 0.5) is 5.82 Å². The molecule has 4 nitrogen and oxygen atoms in total. The minimum Gasteiger partial charge on any atom is -0.358 e. The molecule has 0 unspecified atom stereocenters. The molecule has 4 heteroatoms. The lowest BCUT2D eigenvalue weighted by Gasteiger charge is -2.31. The lowest BCUT2D eigenvalue weighted by atomic mass is 9.85. The topological polar surface area (TPSA) is 55.0 Å². The van der Waals surface area contributed by atoms with E-state index >= 15 is 0 Å². The third-order valence-corrected chi connectivity index (χ3v) is 3.88. The van der Waals surface area contributed by atoms with Crippen molar-refractivity contribution in [3.05, 3.63) is 16.8 Å². The van der Waals surface area contributed by atoms with Gasteiger partial charge in [0.05, 0.1) is 5.69 Å². The van der Waals surface area contributed by atoms with Crippen LogP contribution in [0.1, 0.15) is 36.1 Å². The number of rotatable bonds is 4. The first-order valence-electron chi connectivity index (χ1n) is 6.37. The van der Waals surface area contributed by atoms with E-state index in [4.69, 9.17) is 5.73 Å². The van der Waals surface area contributed by atoms with Crippen molar-refractivity contribution in [3.63, 3.8) is 0 Å². The van der Waals surface area contributed by atoms with E-state index in [0.29, 0.717) is 6.54 Å². The second-order valence-electron chi connectivity index (χ2n) is 5.09. The van der Waals surface area contributed by atoms with Gasteiger partial charge < -0.3 is 10.6 Å². The van der Waals surface area contributed by atoms with Crippen LogP contribution in [0, 0.1) is 19.8 Å². The fourth-order valence-electron chi connectivity index (χ4n) is 2.34. The minimum absolute atomic E-state index is 0.534. The van der Waals surface area contributed by atoms with Gasteiger partial charge >= 0.3 is 0 Å². The number of nitrogens with zero attached hydrogens (tertiary/aromatic N) is 3. The van der Waals surface area contributed by atoms with E-state index in [1.807, 2.05) is 6.92 Å². The van der Waals surface area contributed by atoms with Crippen molar-refractivity contribution in [3.8, 4) is 0 Å². The zero-order valence-electron chi connectivity index (χ0n) is 11.0. The van der Waals surface area contributed by atoms with E-state index in [-0.39, 0.29) is 0 Å². The molecule has 0 saturated heterocycles. The number of nitrogens with two attached hydrogens (primary N) is 1. The summed E-state index contributed by atoms with van der Waals surface area (Å²) in [5.41, 5.74) is 9.14. The highest BCUT2D eigenvalue weighted by molar-refractivity contribution is 5.50. The van der Waals surface area contributed by atoms with E-state index in [9.17, 15) is 0 Å². The molecule has 1 aromatic heterocycles. The lowest BCUT2D eigenvalue weighted by molar-refractivity contribution is 0.320. The van der Waals surface area contributed by atoms with Crippen molar-refractivity contribution in [2.45, 2.75) is 39.7 Å². The van der Waals surface area contributed by atoms with Crippen LogP contribution in [0.25, 0.3) is 0 Å². The second kappa shape index (κ2) is 5.00. The van der Waals surface area contributed by atoms with Crippen molar-refractivity contribution in [1.29, 1.82) is 0 Å². The summed E-state index contributed by atoms with van der Waals surface area (Å²) in [7, 11) is 2.09. The molecule has 1 aromatic rings. The summed E-state index contributed by atoms with van der Waals surface area (Å²) < 4.78 is 0. The first kappa shape index (κ1) is 12.3. The fraction of sp³-hybridized carbons (Fsp3) is 0.692. The highest BCUT2D eigenvalue weighted by atomic mass is 15.3. The van der Waals surface area contributed by atoms with Gasteiger partial charge in [0.25, 0.3) is 0 Å². The quantitative estimate of drug-likeness (QED) is 0.863. The monoisotopic (exact) mass is 234 g/mol. The van der Waals surface area contributed by atoms with Crippen LogP contribution in [0.2, 0.25) is 0 Å². The van der Waals surface area contributed by atoms with E-state index < -0.39 is 0 Å². The molecule has 2 rings (SSSR count). The first-order valence-corrected chi connectivity index (χ1v) is 6.37. The first-order chi connectivity index (χ1) is 8.13. The van der Waals surface area contributed by atoms with Gasteiger partial charge in [0, 0.05) is 25.7 Å². The summed E-state index contributed by atoms with van der Waals surface area (Å²) in [6.07, 6.45) is 4.07. The highest BCUT2D eigenvalue weighted by Crippen LogP contribution is 2.29. The second-order valence-corrected chi connectivity index (χ2v) is 5.09. The molecule has 17 heavy (non-hydrogen) atoms. The maximum Gasteiger partial charge on any atom is 0.155 e. The van der Waals surface area contributed by atoms with Gasteiger partial charge in [-0.15, -0.1) is 5.10 Å². The number of hydrogen-bond donors (Lipinski definition) is 1. The van der Waals surface area contributed by atoms with E-state index in [1.54, 1.807) is 0 Å². The van der Waals surface area contributed by atoms with Crippen LogP contribution in [0.15, 0.2) is 0 Å². The lowest BCUT2D eigenvalue weighted by Crippen LogP contribution is -2.31. The fourth-order valence-corrected chi connectivity index (χ4v) is 2.34. The largest absolute Gasteiger partial charge is 0.358 e. The molecule has 1 saturated carbocycles. The average molecular weight is 234 g/mol. The van der Waals surface area contributed by atoms with Crippen molar-refractivity contribution in [1.82, 2.24) is 10.2 Å². The third kappa shape index (κ3) is 2.41. The van der Waals surface area contributed by atoms with Gasteiger partial charge in [-0.3, -0.25) is 0 Å². The molecule has 0 aromatic carbocycles. The van der Waals surface area contributed by atoms with Crippen molar-refractivity contribution in [2.75, 3.05) is 18.5 Å². The standard InChI is InChI=1S/C13H22N4/c1-9-10(2)15-16-13(12(9)7-14)17(3)8-11-5-4-6-11/h11H,4-8,14H2,1-3H3. The van der Waals surface area contributed by atoms with Crippen LogP contribution in [-0.2, 0) is 6.54 Å². The molecular weight excluding hydrogens is 212 g/mol.